The van der Waals surface area contributed by atoms with Crippen molar-refractivity contribution in [3.63, 3.8) is 0 Å². The molecule has 1 atom stereocenters. The number of urea groups is 1. The maximum absolute atomic E-state index is 13.4. The molecule has 9 heteroatoms. The molecule has 2 aromatic rings. The largest absolute Gasteiger partial charge is 0.493 e. The van der Waals surface area contributed by atoms with Gasteiger partial charge in [-0.15, -0.1) is 0 Å². The summed E-state index contributed by atoms with van der Waals surface area (Å²) in [6.07, 6.45) is 1.23. The molecule has 0 aliphatic carbocycles. The van der Waals surface area contributed by atoms with Gasteiger partial charge < -0.3 is 19.7 Å². The number of hydrogen-bond acceptors (Lipinski definition) is 5. The highest BCUT2D eigenvalue weighted by Crippen LogP contribution is 2.37. The maximum Gasteiger partial charge on any atom is 0.317 e. The molecule has 8 nitrogen and oxygen atoms in total. The molecule has 1 N–H and O–H groups in total. The highest BCUT2D eigenvalue weighted by atomic mass is 19.1. The summed E-state index contributed by atoms with van der Waals surface area (Å²) >= 11 is 0. The Labute approximate surface area is 193 Å². The maximum atomic E-state index is 13.4. The third-order valence-corrected chi connectivity index (χ3v) is 5.38. The smallest absolute Gasteiger partial charge is 0.317 e. The Kier molecular flexibility index (Phi) is 7.87. The number of nitrogens with zero attached hydrogens (tertiary/aromatic N) is 3. The molecular formula is C24H29FN4O4. The van der Waals surface area contributed by atoms with Crippen LogP contribution in [-0.4, -0.2) is 61.9 Å². The van der Waals surface area contributed by atoms with Gasteiger partial charge in [-0.1, -0.05) is 25.1 Å². The zero-order valence-corrected chi connectivity index (χ0v) is 19.3. The van der Waals surface area contributed by atoms with E-state index in [0.717, 1.165) is 17.5 Å². The van der Waals surface area contributed by atoms with E-state index in [2.05, 4.69) is 10.4 Å². The van der Waals surface area contributed by atoms with Crippen molar-refractivity contribution >= 4 is 17.6 Å². The number of carbonyl (C=O) groups is 2. The van der Waals surface area contributed by atoms with Crippen LogP contribution in [0.2, 0.25) is 0 Å². The minimum Gasteiger partial charge on any atom is -0.493 e. The average molecular weight is 457 g/mol. The lowest BCUT2D eigenvalue weighted by atomic mass is 9.98. The Hall–Kier alpha value is -3.62. The van der Waals surface area contributed by atoms with E-state index in [0.29, 0.717) is 30.2 Å². The lowest BCUT2D eigenvalue weighted by molar-refractivity contribution is -0.133. The number of amides is 3. The van der Waals surface area contributed by atoms with Crippen LogP contribution in [0.15, 0.2) is 47.6 Å². The molecule has 0 bridgehead atoms. The van der Waals surface area contributed by atoms with Crippen molar-refractivity contribution in [3.05, 3.63) is 59.4 Å². The van der Waals surface area contributed by atoms with E-state index in [1.807, 2.05) is 19.1 Å². The van der Waals surface area contributed by atoms with Gasteiger partial charge >= 0.3 is 6.03 Å². The fraction of sp³-hybridized carbons (Fsp3) is 0.375. The van der Waals surface area contributed by atoms with E-state index in [1.165, 1.54) is 22.0 Å². The normalized spacial score (nSPS) is 15.1. The molecule has 3 amide bonds. The first-order valence-electron chi connectivity index (χ1n) is 10.7. The zero-order chi connectivity index (χ0) is 24.0. The van der Waals surface area contributed by atoms with Gasteiger partial charge in [0.15, 0.2) is 11.5 Å². The predicted octanol–water partition coefficient (Wildman–Crippen LogP) is 3.57. The summed E-state index contributed by atoms with van der Waals surface area (Å²) in [5, 5.41) is 8.71. The number of rotatable bonds is 8. The van der Waals surface area contributed by atoms with Crippen LogP contribution in [0.5, 0.6) is 11.5 Å². The molecule has 1 aliphatic heterocycles. The minimum absolute atomic E-state index is 0.139. The van der Waals surface area contributed by atoms with Gasteiger partial charge in [0, 0.05) is 20.0 Å². The molecule has 1 aliphatic rings. The molecule has 0 fully saturated rings. The minimum atomic E-state index is -0.413. The third kappa shape index (κ3) is 5.60. The van der Waals surface area contributed by atoms with Gasteiger partial charge in [-0.3, -0.25) is 4.79 Å². The van der Waals surface area contributed by atoms with Crippen molar-refractivity contribution in [2.75, 3.05) is 34.4 Å². The monoisotopic (exact) mass is 456 g/mol. The first kappa shape index (κ1) is 24.0. The van der Waals surface area contributed by atoms with E-state index in [9.17, 15) is 14.0 Å². The van der Waals surface area contributed by atoms with Gasteiger partial charge in [-0.2, -0.15) is 5.10 Å². The number of halogens is 1. The topological polar surface area (TPSA) is 83.5 Å². The predicted molar refractivity (Wildman–Crippen MR) is 123 cm³/mol. The molecule has 0 saturated heterocycles. The Morgan fingerprint density at radius 3 is 2.48 bits per heavy atom. The average Bonchev–Trinajstić information content (AvgIpc) is 3.28. The Morgan fingerprint density at radius 2 is 1.85 bits per heavy atom. The van der Waals surface area contributed by atoms with Crippen LogP contribution < -0.4 is 14.8 Å². The number of hydrogen-bond donors (Lipinski definition) is 1. The number of methoxy groups -OCH3 is 2. The number of likely N-dealkylation sites (N-methyl/N-ethyl adjacent to an activating group) is 1. The van der Waals surface area contributed by atoms with Crippen molar-refractivity contribution in [1.29, 1.82) is 0 Å². The van der Waals surface area contributed by atoms with E-state index in [-0.39, 0.29) is 24.3 Å². The number of ether oxygens (including phenoxy) is 2. The summed E-state index contributed by atoms with van der Waals surface area (Å²) in [4.78, 5) is 26.8. The van der Waals surface area contributed by atoms with Crippen LogP contribution in [0.3, 0.4) is 0 Å². The lowest BCUT2D eigenvalue weighted by Gasteiger charge is -2.25. The van der Waals surface area contributed by atoms with Crippen LogP contribution in [0.25, 0.3) is 0 Å². The van der Waals surface area contributed by atoms with Crippen molar-refractivity contribution in [3.8, 4) is 11.5 Å². The van der Waals surface area contributed by atoms with Crippen molar-refractivity contribution in [2.24, 2.45) is 5.10 Å². The number of benzene rings is 2. The molecule has 1 heterocycles. The molecule has 2 aromatic carbocycles. The van der Waals surface area contributed by atoms with Gasteiger partial charge in [0.25, 0.3) is 5.91 Å². The van der Waals surface area contributed by atoms with Crippen molar-refractivity contribution in [1.82, 2.24) is 15.2 Å². The van der Waals surface area contributed by atoms with Gasteiger partial charge in [-0.25, -0.2) is 14.2 Å². The summed E-state index contributed by atoms with van der Waals surface area (Å²) < 4.78 is 24.2. The molecule has 0 aromatic heterocycles. The van der Waals surface area contributed by atoms with E-state index < -0.39 is 6.04 Å². The van der Waals surface area contributed by atoms with Crippen LogP contribution in [0.4, 0.5) is 9.18 Å². The highest BCUT2D eigenvalue weighted by molar-refractivity contribution is 6.03. The fourth-order valence-electron chi connectivity index (χ4n) is 3.59. The summed E-state index contributed by atoms with van der Waals surface area (Å²) in [7, 11) is 4.66. The number of hydrazone groups is 1. The summed E-state index contributed by atoms with van der Waals surface area (Å²) in [6, 6.07) is 10.7. The Balaban J connectivity index is 1.90. The molecule has 0 unspecified atom stereocenters. The first-order valence-corrected chi connectivity index (χ1v) is 10.7. The molecule has 176 valence electrons. The number of nitrogens with one attached hydrogen (secondary N) is 1. The van der Waals surface area contributed by atoms with Gasteiger partial charge in [-0.05, 0) is 41.8 Å². The first-order chi connectivity index (χ1) is 15.9. The van der Waals surface area contributed by atoms with Gasteiger partial charge in [0.1, 0.15) is 12.4 Å². The lowest BCUT2D eigenvalue weighted by Crippen LogP contribution is -2.43. The number of carbonyl (C=O) groups excluding carboxylic acids is 2. The molecule has 0 saturated carbocycles. The quantitative estimate of drug-likeness (QED) is 0.658. The highest BCUT2D eigenvalue weighted by Gasteiger charge is 2.34. The van der Waals surface area contributed by atoms with E-state index >= 15 is 0 Å². The van der Waals surface area contributed by atoms with Crippen LogP contribution in [-0.2, 0) is 4.79 Å². The van der Waals surface area contributed by atoms with Crippen LogP contribution in [0, 0.1) is 5.82 Å². The van der Waals surface area contributed by atoms with E-state index in [4.69, 9.17) is 9.47 Å². The standard InChI is InChI=1S/C24H29FN4O4/c1-5-12-26-24(31)28(2)15-23(30)29-20(17-8-11-21(32-3)22(13-17)33-4)14-19(27-29)16-6-9-18(25)10-7-16/h6-11,13,20H,5,12,14-15H2,1-4H3,(H,26,31)/t20-/m1/s1. The fourth-order valence-corrected chi connectivity index (χ4v) is 3.59. The summed E-state index contributed by atoms with van der Waals surface area (Å²) in [6.45, 7) is 2.34. The second-order valence-corrected chi connectivity index (χ2v) is 7.71. The second-order valence-electron chi connectivity index (χ2n) is 7.71. The Morgan fingerprint density at radius 1 is 1.15 bits per heavy atom. The van der Waals surface area contributed by atoms with Crippen molar-refractivity contribution in [2.45, 2.75) is 25.8 Å². The SMILES string of the molecule is CCCNC(=O)N(C)CC(=O)N1N=C(c2ccc(F)cc2)C[C@@H]1c1ccc(OC)c(OC)c1. The third-order valence-electron chi connectivity index (χ3n) is 5.38. The summed E-state index contributed by atoms with van der Waals surface area (Å²) in [5.74, 6) is 0.431. The molecule has 0 radical (unpaired) electrons. The van der Waals surface area contributed by atoms with Gasteiger partial charge in [0.2, 0.25) is 0 Å². The van der Waals surface area contributed by atoms with Crippen molar-refractivity contribution < 1.29 is 23.5 Å². The molecule has 33 heavy (non-hydrogen) atoms. The Bertz CT molecular complexity index is 1030. The zero-order valence-electron chi connectivity index (χ0n) is 19.3. The molecule has 0 spiro atoms. The van der Waals surface area contributed by atoms with Crippen LogP contribution in [0.1, 0.15) is 36.9 Å². The molecular weight excluding hydrogens is 427 g/mol. The van der Waals surface area contributed by atoms with Crippen LogP contribution >= 0.6 is 0 Å². The van der Waals surface area contributed by atoms with Gasteiger partial charge in [0.05, 0.1) is 26.0 Å². The molecule has 3 rings (SSSR count). The summed E-state index contributed by atoms with van der Waals surface area (Å²) in [5.41, 5.74) is 2.19. The second kappa shape index (κ2) is 10.8. The van der Waals surface area contributed by atoms with E-state index in [1.54, 1.807) is 39.5 Å².